The molecule has 0 atom stereocenters. The maximum atomic E-state index is 11.9. The highest BCUT2D eigenvalue weighted by atomic mass is 16.2. The van der Waals surface area contributed by atoms with Gasteiger partial charge in [-0.3, -0.25) is 9.58 Å². The van der Waals surface area contributed by atoms with Crippen LogP contribution in [0.25, 0.3) is 0 Å². The molecule has 2 N–H and O–H groups in total. The van der Waals surface area contributed by atoms with E-state index in [0.717, 1.165) is 23.4 Å². The molecule has 0 spiro atoms. The lowest BCUT2D eigenvalue weighted by Crippen LogP contribution is -2.34. The van der Waals surface area contributed by atoms with Gasteiger partial charge in [-0.2, -0.15) is 5.10 Å². The molecule has 2 amide bonds. The number of aryl methyl sites for hydroxylation is 1. The lowest BCUT2D eigenvalue weighted by atomic mass is 10.1. The first kappa shape index (κ1) is 17.5. The topological polar surface area (TPSA) is 62.2 Å². The highest BCUT2D eigenvalue weighted by molar-refractivity contribution is 5.73. The molecule has 1 aliphatic heterocycles. The van der Waals surface area contributed by atoms with E-state index in [2.05, 4.69) is 44.9 Å². The molecule has 2 aromatic rings. The number of likely N-dealkylation sites (tertiary alicyclic amines) is 1. The minimum Gasteiger partial charge on any atom is -0.334 e. The van der Waals surface area contributed by atoms with Crippen LogP contribution in [-0.2, 0) is 26.7 Å². The van der Waals surface area contributed by atoms with Crippen LogP contribution in [0.15, 0.2) is 30.5 Å². The molecule has 134 valence electrons. The molecule has 6 heteroatoms. The van der Waals surface area contributed by atoms with Gasteiger partial charge in [0.05, 0.1) is 6.20 Å². The number of benzene rings is 1. The van der Waals surface area contributed by atoms with Crippen LogP contribution in [0.3, 0.4) is 0 Å². The van der Waals surface area contributed by atoms with Crippen molar-refractivity contribution in [3.05, 3.63) is 52.8 Å². The third kappa shape index (κ3) is 4.82. The lowest BCUT2D eigenvalue weighted by Gasteiger charge is -2.14. The Hall–Kier alpha value is -2.34. The van der Waals surface area contributed by atoms with Crippen molar-refractivity contribution in [3.8, 4) is 0 Å². The number of carbonyl (C=O) groups excluding carboxylic acids is 1. The number of urea groups is 1. The van der Waals surface area contributed by atoms with Gasteiger partial charge in [-0.05, 0) is 44.0 Å². The first-order chi connectivity index (χ1) is 12.1. The van der Waals surface area contributed by atoms with E-state index in [-0.39, 0.29) is 6.03 Å². The fourth-order valence-corrected chi connectivity index (χ4v) is 3.10. The fourth-order valence-electron chi connectivity index (χ4n) is 3.10. The van der Waals surface area contributed by atoms with Crippen LogP contribution in [0, 0.1) is 6.92 Å². The molecule has 1 aliphatic rings. The number of carbonyl (C=O) groups is 1. The van der Waals surface area contributed by atoms with Crippen LogP contribution in [0.2, 0.25) is 0 Å². The van der Waals surface area contributed by atoms with Gasteiger partial charge in [0.2, 0.25) is 0 Å². The van der Waals surface area contributed by atoms with Crippen molar-refractivity contribution in [2.75, 3.05) is 13.1 Å². The van der Waals surface area contributed by atoms with Crippen LogP contribution in [0.5, 0.6) is 0 Å². The average Bonchev–Trinajstić information content (AvgIpc) is 3.24. The molecule has 6 nitrogen and oxygen atoms in total. The van der Waals surface area contributed by atoms with Crippen molar-refractivity contribution in [1.29, 1.82) is 0 Å². The quantitative estimate of drug-likeness (QED) is 0.848. The molecular weight excluding hydrogens is 314 g/mol. The van der Waals surface area contributed by atoms with Gasteiger partial charge >= 0.3 is 6.03 Å². The standard InChI is InChI=1S/C19H27N5O/c1-15-18(13-22-23(15)2)12-21-19(25)20-11-16-5-7-17(8-6-16)14-24-9-3-4-10-24/h5-8,13H,3-4,9-12,14H2,1-2H3,(H2,20,21,25). The molecule has 0 bridgehead atoms. The SMILES string of the molecule is Cc1c(CNC(=O)NCc2ccc(CN3CCCC3)cc2)cnn1C. The predicted octanol–water partition coefficient (Wildman–Crippen LogP) is 2.32. The summed E-state index contributed by atoms with van der Waals surface area (Å²) in [6.45, 7) is 6.45. The molecule has 25 heavy (non-hydrogen) atoms. The van der Waals surface area contributed by atoms with Crippen molar-refractivity contribution >= 4 is 6.03 Å². The second kappa shape index (κ2) is 8.16. The van der Waals surface area contributed by atoms with Crippen molar-refractivity contribution in [3.63, 3.8) is 0 Å². The van der Waals surface area contributed by atoms with E-state index < -0.39 is 0 Å². The maximum absolute atomic E-state index is 11.9. The molecule has 1 aromatic carbocycles. The van der Waals surface area contributed by atoms with E-state index in [4.69, 9.17) is 0 Å². The molecular formula is C19H27N5O. The van der Waals surface area contributed by atoms with Gasteiger partial charge in [0.25, 0.3) is 0 Å². The summed E-state index contributed by atoms with van der Waals surface area (Å²) < 4.78 is 1.80. The van der Waals surface area contributed by atoms with Crippen molar-refractivity contribution < 1.29 is 4.79 Å². The molecule has 2 heterocycles. The summed E-state index contributed by atoms with van der Waals surface area (Å²) in [4.78, 5) is 14.4. The fraction of sp³-hybridized carbons (Fsp3) is 0.474. The Morgan fingerprint density at radius 1 is 1.08 bits per heavy atom. The number of rotatable bonds is 6. The normalized spacial score (nSPS) is 14.6. The van der Waals surface area contributed by atoms with Gasteiger partial charge in [0.1, 0.15) is 0 Å². The summed E-state index contributed by atoms with van der Waals surface area (Å²) in [5.41, 5.74) is 4.54. The van der Waals surface area contributed by atoms with E-state index in [9.17, 15) is 4.79 Å². The molecule has 3 rings (SSSR count). The Labute approximate surface area is 149 Å². The maximum Gasteiger partial charge on any atom is 0.315 e. The predicted molar refractivity (Wildman–Crippen MR) is 98.0 cm³/mol. The van der Waals surface area contributed by atoms with Crippen LogP contribution in [0.1, 0.15) is 35.2 Å². The minimum absolute atomic E-state index is 0.163. The summed E-state index contributed by atoms with van der Waals surface area (Å²) in [5, 5.41) is 9.95. The Bertz CT molecular complexity index is 701. The number of nitrogens with one attached hydrogen (secondary N) is 2. The highest BCUT2D eigenvalue weighted by Crippen LogP contribution is 2.13. The van der Waals surface area contributed by atoms with Crippen molar-refractivity contribution in [1.82, 2.24) is 25.3 Å². The smallest absolute Gasteiger partial charge is 0.315 e. The molecule has 0 unspecified atom stereocenters. The minimum atomic E-state index is -0.163. The van der Waals surface area contributed by atoms with Crippen LogP contribution in [0.4, 0.5) is 4.79 Å². The van der Waals surface area contributed by atoms with E-state index in [1.54, 1.807) is 10.9 Å². The zero-order chi connectivity index (χ0) is 17.6. The number of nitrogens with zero attached hydrogens (tertiary/aromatic N) is 3. The molecule has 0 saturated carbocycles. The summed E-state index contributed by atoms with van der Waals surface area (Å²) in [6, 6.07) is 8.34. The van der Waals surface area contributed by atoms with E-state index in [0.29, 0.717) is 13.1 Å². The van der Waals surface area contributed by atoms with Crippen LogP contribution in [-0.4, -0.2) is 33.8 Å². The molecule has 0 radical (unpaired) electrons. The van der Waals surface area contributed by atoms with Crippen LogP contribution < -0.4 is 10.6 Å². The zero-order valence-corrected chi connectivity index (χ0v) is 15.1. The van der Waals surface area contributed by atoms with Gasteiger partial charge in [-0.1, -0.05) is 24.3 Å². The Balaban J connectivity index is 1.41. The molecule has 1 fully saturated rings. The number of aromatic nitrogens is 2. The Morgan fingerprint density at radius 3 is 2.36 bits per heavy atom. The number of hydrogen-bond donors (Lipinski definition) is 2. The van der Waals surface area contributed by atoms with Gasteiger partial charge < -0.3 is 10.6 Å². The van der Waals surface area contributed by atoms with E-state index in [1.807, 2.05) is 14.0 Å². The largest absolute Gasteiger partial charge is 0.334 e. The third-order valence-electron chi connectivity index (χ3n) is 4.86. The monoisotopic (exact) mass is 341 g/mol. The van der Waals surface area contributed by atoms with Gasteiger partial charge in [0.15, 0.2) is 0 Å². The summed E-state index contributed by atoms with van der Waals surface area (Å²) in [7, 11) is 1.90. The van der Waals surface area contributed by atoms with E-state index >= 15 is 0 Å². The summed E-state index contributed by atoms with van der Waals surface area (Å²) in [5.74, 6) is 0. The first-order valence-electron chi connectivity index (χ1n) is 8.91. The van der Waals surface area contributed by atoms with Gasteiger partial charge in [-0.15, -0.1) is 0 Å². The van der Waals surface area contributed by atoms with Crippen molar-refractivity contribution in [2.45, 2.75) is 39.4 Å². The number of amides is 2. The third-order valence-corrected chi connectivity index (χ3v) is 4.86. The number of hydrogen-bond acceptors (Lipinski definition) is 3. The highest BCUT2D eigenvalue weighted by Gasteiger charge is 2.11. The van der Waals surface area contributed by atoms with Gasteiger partial charge in [0, 0.05) is 37.9 Å². The summed E-state index contributed by atoms with van der Waals surface area (Å²) >= 11 is 0. The molecule has 0 aliphatic carbocycles. The average molecular weight is 341 g/mol. The Kier molecular flexibility index (Phi) is 5.71. The second-order valence-corrected chi connectivity index (χ2v) is 6.71. The lowest BCUT2D eigenvalue weighted by molar-refractivity contribution is 0.240. The first-order valence-corrected chi connectivity index (χ1v) is 8.91. The molecule has 1 aromatic heterocycles. The van der Waals surface area contributed by atoms with Crippen LogP contribution >= 0.6 is 0 Å². The van der Waals surface area contributed by atoms with Crippen molar-refractivity contribution in [2.24, 2.45) is 7.05 Å². The summed E-state index contributed by atoms with van der Waals surface area (Å²) in [6.07, 6.45) is 4.42. The zero-order valence-electron chi connectivity index (χ0n) is 15.1. The molecule has 1 saturated heterocycles. The van der Waals surface area contributed by atoms with E-state index in [1.165, 1.54) is 31.5 Å². The Morgan fingerprint density at radius 2 is 1.72 bits per heavy atom. The second-order valence-electron chi connectivity index (χ2n) is 6.71. The van der Waals surface area contributed by atoms with Gasteiger partial charge in [-0.25, -0.2) is 4.79 Å².